The molecule has 1 heterocycles. The van der Waals surface area contributed by atoms with Crippen LogP contribution in [-0.2, 0) is 13.1 Å². The molecule has 1 N–H and O–H groups in total. The average molecular weight is 290 g/mol. The van der Waals surface area contributed by atoms with E-state index in [2.05, 4.69) is 25.0 Å². The van der Waals surface area contributed by atoms with Crippen molar-refractivity contribution in [1.29, 1.82) is 0 Å². The van der Waals surface area contributed by atoms with Crippen LogP contribution in [0.4, 0.5) is 0 Å². The van der Waals surface area contributed by atoms with Crippen molar-refractivity contribution >= 4 is 0 Å². The van der Waals surface area contributed by atoms with Gasteiger partial charge in [-0.05, 0) is 13.3 Å². The molecule has 0 radical (unpaired) electrons. The molecule has 21 heavy (non-hydrogen) atoms. The summed E-state index contributed by atoms with van der Waals surface area (Å²) in [7, 11) is 0. The van der Waals surface area contributed by atoms with E-state index in [-0.39, 0.29) is 11.2 Å². The quantitative estimate of drug-likeness (QED) is 0.711. The van der Waals surface area contributed by atoms with E-state index in [0.29, 0.717) is 25.3 Å². The van der Waals surface area contributed by atoms with Crippen LogP contribution in [-0.4, -0.2) is 27.7 Å². The largest absolute Gasteiger partial charge is 0.503 e. The molecule has 0 saturated carbocycles. The Bertz CT molecular complexity index is 536. The van der Waals surface area contributed by atoms with Crippen LogP contribution in [0.3, 0.4) is 0 Å². The Morgan fingerprint density at radius 3 is 2.48 bits per heavy atom. The molecule has 0 amide bonds. The van der Waals surface area contributed by atoms with Crippen LogP contribution in [0.25, 0.3) is 0 Å². The second-order valence-electron chi connectivity index (χ2n) is 5.22. The molecule has 1 rings (SSSR count). The van der Waals surface area contributed by atoms with Crippen molar-refractivity contribution in [2.24, 2.45) is 0 Å². The Balaban J connectivity index is 3.19. The first-order valence-corrected chi connectivity index (χ1v) is 7.41. The van der Waals surface area contributed by atoms with Crippen molar-refractivity contribution < 1.29 is 5.11 Å². The van der Waals surface area contributed by atoms with Crippen LogP contribution in [0.1, 0.15) is 31.2 Å². The summed E-state index contributed by atoms with van der Waals surface area (Å²) in [6.45, 7) is 14.2. The minimum Gasteiger partial charge on any atom is -0.503 e. The molecule has 1 aromatic rings. The molecular formula is C17H26N2O2. The first-order valence-electron chi connectivity index (χ1n) is 7.41. The van der Waals surface area contributed by atoms with E-state index in [1.165, 1.54) is 6.07 Å². The highest BCUT2D eigenvalue weighted by Crippen LogP contribution is 2.18. The van der Waals surface area contributed by atoms with E-state index >= 15 is 0 Å². The number of rotatable bonds is 9. The van der Waals surface area contributed by atoms with E-state index in [9.17, 15) is 9.90 Å². The summed E-state index contributed by atoms with van der Waals surface area (Å²) in [5.41, 5.74) is 1.25. The zero-order chi connectivity index (χ0) is 15.8. The Morgan fingerprint density at radius 2 is 1.95 bits per heavy atom. The minimum atomic E-state index is -0.313. The number of aryl methyl sites for hydroxylation is 1. The maximum absolute atomic E-state index is 11.9. The van der Waals surface area contributed by atoms with Gasteiger partial charge in [-0.2, -0.15) is 0 Å². The summed E-state index contributed by atoms with van der Waals surface area (Å²) in [5.74, 6) is -0.144. The van der Waals surface area contributed by atoms with E-state index in [4.69, 9.17) is 0 Å². The van der Waals surface area contributed by atoms with Gasteiger partial charge in [-0.15, -0.1) is 13.2 Å². The van der Waals surface area contributed by atoms with Crippen molar-refractivity contribution in [3.05, 3.63) is 53.0 Å². The van der Waals surface area contributed by atoms with Gasteiger partial charge < -0.3 is 9.67 Å². The van der Waals surface area contributed by atoms with E-state index in [0.717, 1.165) is 25.1 Å². The van der Waals surface area contributed by atoms with Gasteiger partial charge in [0.05, 0.1) is 5.69 Å². The number of hydrogen-bond donors (Lipinski definition) is 1. The highest BCUT2D eigenvalue weighted by Gasteiger charge is 2.15. The zero-order valence-electron chi connectivity index (χ0n) is 13.1. The van der Waals surface area contributed by atoms with Gasteiger partial charge in [-0.1, -0.05) is 25.5 Å². The maximum Gasteiger partial charge on any atom is 0.223 e. The number of aromatic nitrogens is 1. The van der Waals surface area contributed by atoms with E-state index < -0.39 is 0 Å². The van der Waals surface area contributed by atoms with Crippen molar-refractivity contribution in [3.8, 4) is 5.75 Å². The molecule has 1 aromatic heterocycles. The lowest BCUT2D eigenvalue weighted by Gasteiger charge is -2.24. The van der Waals surface area contributed by atoms with Crippen LogP contribution < -0.4 is 5.43 Å². The molecule has 0 unspecified atom stereocenters. The number of nitrogens with zero attached hydrogens (tertiary/aromatic N) is 2. The Hall–Kier alpha value is -1.81. The lowest BCUT2D eigenvalue weighted by atomic mass is 10.2. The van der Waals surface area contributed by atoms with Crippen molar-refractivity contribution in [3.63, 3.8) is 0 Å². The Kier molecular flexibility index (Phi) is 6.96. The second kappa shape index (κ2) is 8.47. The molecule has 0 saturated heterocycles. The van der Waals surface area contributed by atoms with Crippen molar-refractivity contribution in [1.82, 2.24) is 9.47 Å². The third-order valence-electron chi connectivity index (χ3n) is 3.48. The SMILES string of the molecule is C=CCN(CC=C)Cc1c(O)c(=O)cc(C)n1CCCC. The van der Waals surface area contributed by atoms with Crippen LogP contribution >= 0.6 is 0 Å². The molecule has 0 aliphatic rings. The van der Waals surface area contributed by atoms with Gasteiger partial charge in [-0.3, -0.25) is 9.69 Å². The van der Waals surface area contributed by atoms with Gasteiger partial charge in [0.25, 0.3) is 0 Å². The molecule has 0 fully saturated rings. The topological polar surface area (TPSA) is 45.5 Å². The fourth-order valence-electron chi connectivity index (χ4n) is 2.39. The number of pyridine rings is 1. The molecule has 0 atom stereocenters. The Morgan fingerprint density at radius 1 is 1.33 bits per heavy atom. The van der Waals surface area contributed by atoms with E-state index in [1.54, 1.807) is 0 Å². The summed E-state index contributed by atoms with van der Waals surface area (Å²) in [6, 6.07) is 1.50. The normalized spacial score (nSPS) is 10.8. The monoisotopic (exact) mass is 290 g/mol. The first kappa shape index (κ1) is 17.2. The maximum atomic E-state index is 11.9. The summed E-state index contributed by atoms with van der Waals surface area (Å²) in [6.07, 6.45) is 5.70. The fourth-order valence-corrected chi connectivity index (χ4v) is 2.39. The predicted octanol–water partition coefficient (Wildman–Crippen LogP) is 2.84. The third-order valence-corrected chi connectivity index (χ3v) is 3.48. The van der Waals surface area contributed by atoms with Crippen molar-refractivity contribution in [2.45, 2.75) is 39.8 Å². The minimum absolute atomic E-state index is 0.144. The molecule has 4 heteroatoms. The third kappa shape index (κ3) is 4.60. The van der Waals surface area contributed by atoms with Gasteiger partial charge in [0.15, 0.2) is 5.75 Å². The predicted molar refractivity (Wildman–Crippen MR) is 87.7 cm³/mol. The summed E-state index contributed by atoms with van der Waals surface area (Å²) < 4.78 is 2.04. The molecular weight excluding hydrogens is 264 g/mol. The molecule has 0 bridgehead atoms. The molecule has 0 aliphatic carbocycles. The second-order valence-corrected chi connectivity index (χ2v) is 5.22. The van der Waals surface area contributed by atoms with Gasteiger partial charge in [-0.25, -0.2) is 0 Å². The van der Waals surface area contributed by atoms with Gasteiger partial charge in [0.2, 0.25) is 5.43 Å². The van der Waals surface area contributed by atoms with Gasteiger partial charge in [0.1, 0.15) is 0 Å². The van der Waals surface area contributed by atoms with Gasteiger partial charge >= 0.3 is 0 Å². The van der Waals surface area contributed by atoms with Crippen molar-refractivity contribution in [2.75, 3.05) is 13.1 Å². The van der Waals surface area contributed by atoms with Crippen LogP contribution in [0.5, 0.6) is 5.75 Å². The molecule has 116 valence electrons. The average Bonchev–Trinajstić information content (AvgIpc) is 2.44. The first-order chi connectivity index (χ1) is 10.0. The smallest absolute Gasteiger partial charge is 0.223 e. The molecule has 0 spiro atoms. The Labute approximate surface area is 127 Å². The van der Waals surface area contributed by atoms with E-state index in [1.807, 2.05) is 23.6 Å². The van der Waals surface area contributed by atoms with Gasteiger partial charge in [0, 0.05) is 37.9 Å². The number of unbranched alkanes of at least 4 members (excludes halogenated alkanes) is 1. The summed E-state index contributed by atoms with van der Waals surface area (Å²) >= 11 is 0. The van der Waals surface area contributed by atoms with Crippen LogP contribution in [0.2, 0.25) is 0 Å². The fraction of sp³-hybridized carbons (Fsp3) is 0.471. The molecule has 4 nitrogen and oxygen atoms in total. The number of aromatic hydroxyl groups is 1. The molecule has 0 aliphatic heterocycles. The standard InChI is InChI=1S/C17H26N2O2/c1-5-8-11-19-14(4)12-16(20)17(21)15(19)13-18(9-6-2)10-7-3/h6-7,12,21H,2-3,5,8-11,13H2,1,4H3. The summed E-state index contributed by atoms with van der Waals surface area (Å²) in [5, 5.41) is 10.2. The highest BCUT2D eigenvalue weighted by atomic mass is 16.3. The highest BCUT2D eigenvalue weighted by molar-refractivity contribution is 5.30. The van der Waals surface area contributed by atoms with Crippen LogP contribution in [0, 0.1) is 6.92 Å². The van der Waals surface area contributed by atoms with Crippen LogP contribution in [0.15, 0.2) is 36.2 Å². The lowest BCUT2D eigenvalue weighted by Crippen LogP contribution is -2.27. The number of hydrogen-bond acceptors (Lipinski definition) is 3. The lowest BCUT2D eigenvalue weighted by molar-refractivity contribution is 0.305. The summed E-state index contributed by atoms with van der Waals surface area (Å²) in [4.78, 5) is 13.9. The zero-order valence-corrected chi connectivity index (χ0v) is 13.1. The molecule has 0 aromatic carbocycles.